The Balaban J connectivity index is 2.30. The van der Waals surface area contributed by atoms with Gasteiger partial charge in [-0.2, -0.15) is 0 Å². The molecule has 0 amide bonds. The first-order valence-corrected chi connectivity index (χ1v) is 5.75. The highest BCUT2D eigenvalue weighted by Crippen LogP contribution is 2.39. The Morgan fingerprint density at radius 2 is 2.00 bits per heavy atom. The maximum Gasteiger partial charge on any atom is -0.0363 e. The fraction of sp³-hybridized carbons (Fsp3) is 1.00. The van der Waals surface area contributed by atoms with E-state index in [2.05, 4.69) is 20.8 Å². The standard InChI is InChI=1S/C12H24/c1-4-5-7-11-8-6-9-12(11)10(2)3/h10-12H,4-9H2,1-3H3/t11?,12-/m1/s1. The molecule has 1 aliphatic rings. The summed E-state index contributed by atoms with van der Waals surface area (Å²) in [6, 6.07) is 0. The van der Waals surface area contributed by atoms with Gasteiger partial charge in [-0.05, 0) is 24.2 Å². The number of rotatable bonds is 4. The molecule has 0 nitrogen and oxygen atoms in total. The van der Waals surface area contributed by atoms with Gasteiger partial charge in [-0.15, -0.1) is 0 Å². The van der Waals surface area contributed by atoms with E-state index in [-0.39, 0.29) is 0 Å². The molecule has 0 bridgehead atoms. The van der Waals surface area contributed by atoms with Gasteiger partial charge in [0.1, 0.15) is 0 Å². The van der Waals surface area contributed by atoms with Crippen LogP contribution in [0.3, 0.4) is 0 Å². The molecule has 2 atom stereocenters. The van der Waals surface area contributed by atoms with E-state index in [1.54, 1.807) is 0 Å². The van der Waals surface area contributed by atoms with Crippen LogP contribution in [0.15, 0.2) is 0 Å². The quantitative estimate of drug-likeness (QED) is 0.588. The molecule has 0 radical (unpaired) electrons. The summed E-state index contributed by atoms with van der Waals surface area (Å²) in [7, 11) is 0. The predicted molar refractivity (Wildman–Crippen MR) is 55.2 cm³/mol. The lowest BCUT2D eigenvalue weighted by Crippen LogP contribution is -2.13. The van der Waals surface area contributed by atoms with Gasteiger partial charge in [0.15, 0.2) is 0 Å². The van der Waals surface area contributed by atoms with Crippen molar-refractivity contribution in [1.82, 2.24) is 0 Å². The molecule has 0 N–H and O–H groups in total. The first kappa shape index (κ1) is 10.1. The average Bonchev–Trinajstić information content (AvgIpc) is 2.48. The van der Waals surface area contributed by atoms with E-state index in [0.717, 1.165) is 17.8 Å². The molecule has 12 heavy (non-hydrogen) atoms. The Bertz CT molecular complexity index is 115. The van der Waals surface area contributed by atoms with Gasteiger partial charge in [0, 0.05) is 0 Å². The molecule has 0 spiro atoms. The van der Waals surface area contributed by atoms with Crippen molar-refractivity contribution in [1.29, 1.82) is 0 Å². The number of hydrogen-bond acceptors (Lipinski definition) is 0. The fourth-order valence-corrected chi connectivity index (χ4v) is 2.77. The van der Waals surface area contributed by atoms with Gasteiger partial charge >= 0.3 is 0 Å². The van der Waals surface area contributed by atoms with E-state index in [1.807, 2.05) is 0 Å². The van der Waals surface area contributed by atoms with E-state index in [9.17, 15) is 0 Å². The molecule has 0 heteroatoms. The van der Waals surface area contributed by atoms with Crippen LogP contribution >= 0.6 is 0 Å². The zero-order valence-corrected chi connectivity index (χ0v) is 8.97. The highest BCUT2D eigenvalue weighted by molar-refractivity contribution is 4.79. The van der Waals surface area contributed by atoms with Gasteiger partial charge in [-0.25, -0.2) is 0 Å². The van der Waals surface area contributed by atoms with Gasteiger partial charge < -0.3 is 0 Å². The van der Waals surface area contributed by atoms with Gasteiger partial charge in [-0.3, -0.25) is 0 Å². The predicted octanol–water partition coefficient (Wildman–Crippen LogP) is 4.25. The Morgan fingerprint density at radius 1 is 1.25 bits per heavy atom. The third-order valence-corrected chi connectivity index (χ3v) is 3.50. The second-order valence-electron chi connectivity index (χ2n) is 4.74. The minimum absolute atomic E-state index is 0.925. The molecule has 0 aromatic heterocycles. The lowest BCUT2D eigenvalue weighted by molar-refractivity contribution is 0.276. The molecule has 1 saturated carbocycles. The van der Waals surface area contributed by atoms with Crippen LogP contribution in [0.25, 0.3) is 0 Å². The average molecular weight is 168 g/mol. The van der Waals surface area contributed by atoms with Gasteiger partial charge in [0.05, 0.1) is 0 Å². The summed E-state index contributed by atoms with van der Waals surface area (Å²) in [4.78, 5) is 0. The molecule has 0 aliphatic heterocycles. The molecule has 1 rings (SSSR count). The first-order chi connectivity index (χ1) is 5.75. The van der Waals surface area contributed by atoms with Crippen LogP contribution in [0.5, 0.6) is 0 Å². The highest BCUT2D eigenvalue weighted by Gasteiger charge is 2.28. The van der Waals surface area contributed by atoms with E-state index in [1.165, 1.54) is 38.5 Å². The van der Waals surface area contributed by atoms with Crippen molar-refractivity contribution in [3.05, 3.63) is 0 Å². The van der Waals surface area contributed by atoms with Crippen molar-refractivity contribution in [3.8, 4) is 0 Å². The van der Waals surface area contributed by atoms with E-state index < -0.39 is 0 Å². The Morgan fingerprint density at radius 3 is 2.58 bits per heavy atom. The third-order valence-electron chi connectivity index (χ3n) is 3.50. The third kappa shape index (κ3) is 2.50. The van der Waals surface area contributed by atoms with Crippen LogP contribution in [0.1, 0.15) is 59.3 Å². The molecule has 1 aliphatic carbocycles. The van der Waals surface area contributed by atoms with E-state index >= 15 is 0 Å². The Kier molecular flexibility index (Phi) is 4.11. The topological polar surface area (TPSA) is 0 Å². The van der Waals surface area contributed by atoms with Crippen molar-refractivity contribution in [2.45, 2.75) is 59.3 Å². The summed E-state index contributed by atoms with van der Waals surface area (Å²) in [6.07, 6.45) is 8.85. The molecule has 1 unspecified atom stereocenters. The van der Waals surface area contributed by atoms with Crippen molar-refractivity contribution in [2.75, 3.05) is 0 Å². The van der Waals surface area contributed by atoms with Gasteiger partial charge in [0.25, 0.3) is 0 Å². The minimum atomic E-state index is 0.925. The second-order valence-corrected chi connectivity index (χ2v) is 4.74. The number of hydrogen-bond donors (Lipinski definition) is 0. The van der Waals surface area contributed by atoms with Crippen molar-refractivity contribution >= 4 is 0 Å². The largest absolute Gasteiger partial charge is 0.0654 e. The summed E-state index contributed by atoms with van der Waals surface area (Å²) in [5, 5.41) is 0. The molecular weight excluding hydrogens is 144 g/mol. The van der Waals surface area contributed by atoms with Crippen molar-refractivity contribution < 1.29 is 0 Å². The smallest absolute Gasteiger partial charge is 0.0363 e. The summed E-state index contributed by atoms with van der Waals surface area (Å²) in [6.45, 7) is 7.10. The molecule has 0 aromatic carbocycles. The monoisotopic (exact) mass is 168 g/mol. The fourth-order valence-electron chi connectivity index (χ4n) is 2.77. The van der Waals surface area contributed by atoms with Gasteiger partial charge in [0.2, 0.25) is 0 Å². The van der Waals surface area contributed by atoms with E-state index in [4.69, 9.17) is 0 Å². The maximum atomic E-state index is 2.40. The summed E-state index contributed by atoms with van der Waals surface area (Å²) >= 11 is 0. The molecule has 0 aromatic rings. The summed E-state index contributed by atoms with van der Waals surface area (Å²) in [5.41, 5.74) is 0. The molecule has 0 heterocycles. The molecule has 0 saturated heterocycles. The van der Waals surface area contributed by atoms with Crippen molar-refractivity contribution in [2.24, 2.45) is 17.8 Å². The zero-order chi connectivity index (χ0) is 8.97. The normalized spacial score (nSPS) is 30.0. The molecule has 1 fully saturated rings. The van der Waals surface area contributed by atoms with Crippen LogP contribution in [-0.4, -0.2) is 0 Å². The van der Waals surface area contributed by atoms with Crippen LogP contribution in [0.4, 0.5) is 0 Å². The lowest BCUT2D eigenvalue weighted by Gasteiger charge is -2.22. The Labute approximate surface area is 77.7 Å². The second kappa shape index (κ2) is 4.89. The maximum absolute atomic E-state index is 2.40. The minimum Gasteiger partial charge on any atom is -0.0654 e. The van der Waals surface area contributed by atoms with Gasteiger partial charge in [-0.1, -0.05) is 52.9 Å². The first-order valence-electron chi connectivity index (χ1n) is 5.75. The Hall–Kier alpha value is 0. The highest BCUT2D eigenvalue weighted by atomic mass is 14.3. The van der Waals surface area contributed by atoms with E-state index in [0.29, 0.717) is 0 Å². The van der Waals surface area contributed by atoms with Crippen LogP contribution in [0.2, 0.25) is 0 Å². The summed E-state index contributed by atoms with van der Waals surface area (Å²) in [5.74, 6) is 3.05. The number of unbranched alkanes of at least 4 members (excludes halogenated alkanes) is 1. The SMILES string of the molecule is CCCCC1CCC[C@@H]1C(C)C. The molecular formula is C12H24. The van der Waals surface area contributed by atoms with Crippen LogP contribution in [0, 0.1) is 17.8 Å². The molecule has 72 valence electrons. The van der Waals surface area contributed by atoms with Crippen LogP contribution in [-0.2, 0) is 0 Å². The van der Waals surface area contributed by atoms with Crippen LogP contribution < -0.4 is 0 Å². The van der Waals surface area contributed by atoms with Crippen molar-refractivity contribution in [3.63, 3.8) is 0 Å². The summed E-state index contributed by atoms with van der Waals surface area (Å²) < 4.78 is 0. The zero-order valence-electron chi connectivity index (χ0n) is 8.97. The lowest BCUT2D eigenvalue weighted by atomic mass is 9.83.